The summed E-state index contributed by atoms with van der Waals surface area (Å²) >= 11 is 0. The fourth-order valence-corrected chi connectivity index (χ4v) is 1.38. The second-order valence-corrected chi connectivity index (χ2v) is 3.97. The van der Waals surface area contributed by atoms with E-state index in [0.717, 1.165) is 19.1 Å². The van der Waals surface area contributed by atoms with Crippen LogP contribution in [0.15, 0.2) is 0 Å². The van der Waals surface area contributed by atoms with Crippen LogP contribution in [0.4, 0.5) is 0 Å². The van der Waals surface area contributed by atoms with Crippen LogP contribution in [0.1, 0.15) is 13.8 Å². The summed E-state index contributed by atoms with van der Waals surface area (Å²) in [4.78, 5) is 23.1. The average molecular weight is 185 g/mol. The molecule has 4 nitrogen and oxygen atoms in total. The molecule has 13 heavy (non-hydrogen) atoms. The number of aldehydes is 2. The van der Waals surface area contributed by atoms with Crippen molar-refractivity contribution in [1.82, 2.24) is 4.90 Å². The van der Waals surface area contributed by atoms with Gasteiger partial charge in [-0.25, -0.2) is 0 Å². The molecular formula is C9H15NO3. The molecule has 0 amide bonds. The van der Waals surface area contributed by atoms with Crippen molar-refractivity contribution in [3.63, 3.8) is 0 Å². The van der Waals surface area contributed by atoms with Gasteiger partial charge in [0.25, 0.3) is 0 Å². The van der Waals surface area contributed by atoms with Gasteiger partial charge in [0.2, 0.25) is 0 Å². The monoisotopic (exact) mass is 185 g/mol. The molecule has 0 aromatic carbocycles. The molecule has 0 aliphatic carbocycles. The number of rotatable bonds is 4. The normalized spacial score (nSPS) is 24.6. The molecule has 1 heterocycles. The maximum absolute atomic E-state index is 10.7. The first kappa shape index (κ1) is 10.3. The third-order valence-electron chi connectivity index (χ3n) is 2.07. The highest BCUT2D eigenvalue weighted by Crippen LogP contribution is 2.17. The van der Waals surface area contributed by atoms with Gasteiger partial charge in [0.1, 0.15) is 6.29 Å². The predicted molar refractivity (Wildman–Crippen MR) is 47.2 cm³/mol. The SMILES string of the molecule is CC(C)(C=O)CN1CCOC1C=O. The van der Waals surface area contributed by atoms with E-state index in [1.807, 2.05) is 18.7 Å². The fourth-order valence-electron chi connectivity index (χ4n) is 1.38. The van der Waals surface area contributed by atoms with Gasteiger partial charge in [-0.3, -0.25) is 9.69 Å². The lowest BCUT2D eigenvalue weighted by molar-refractivity contribution is -0.124. The number of carbonyl (C=O) groups excluding carboxylic acids is 2. The van der Waals surface area contributed by atoms with Gasteiger partial charge < -0.3 is 9.53 Å². The first-order chi connectivity index (χ1) is 6.09. The van der Waals surface area contributed by atoms with Crippen molar-refractivity contribution in [3.8, 4) is 0 Å². The quantitative estimate of drug-likeness (QED) is 0.581. The Balaban J connectivity index is 2.52. The van der Waals surface area contributed by atoms with Crippen molar-refractivity contribution in [2.24, 2.45) is 5.41 Å². The minimum absolute atomic E-state index is 0.408. The molecule has 0 bridgehead atoms. The maximum Gasteiger partial charge on any atom is 0.167 e. The molecule has 1 atom stereocenters. The van der Waals surface area contributed by atoms with Crippen LogP contribution in [-0.4, -0.2) is 43.4 Å². The van der Waals surface area contributed by atoms with Gasteiger partial charge in [-0.05, 0) is 0 Å². The molecular weight excluding hydrogens is 170 g/mol. The largest absolute Gasteiger partial charge is 0.355 e. The standard InChI is InChI=1S/C9H15NO3/c1-9(2,7-12)6-10-3-4-13-8(10)5-11/h5,7-8H,3-4,6H2,1-2H3. The van der Waals surface area contributed by atoms with Crippen molar-refractivity contribution in [2.75, 3.05) is 19.7 Å². The summed E-state index contributed by atoms with van der Waals surface area (Å²) in [6, 6.07) is 0. The first-order valence-electron chi connectivity index (χ1n) is 4.36. The molecule has 1 rings (SSSR count). The topological polar surface area (TPSA) is 46.6 Å². The number of carbonyl (C=O) groups is 2. The summed E-state index contributed by atoms with van der Waals surface area (Å²) in [5, 5.41) is 0. The third kappa shape index (κ3) is 2.60. The van der Waals surface area contributed by atoms with Crippen LogP contribution in [0, 0.1) is 5.41 Å². The summed E-state index contributed by atoms with van der Waals surface area (Å²) in [5.74, 6) is 0. The lowest BCUT2D eigenvalue weighted by Gasteiger charge is -2.26. The van der Waals surface area contributed by atoms with E-state index in [4.69, 9.17) is 4.74 Å². The molecule has 0 spiro atoms. The lowest BCUT2D eigenvalue weighted by atomic mass is 9.95. The molecule has 1 fully saturated rings. The van der Waals surface area contributed by atoms with Crippen LogP contribution >= 0.6 is 0 Å². The van der Waals surface area contributed by atoms with E-state index < -0.39 is 11.6 Å². The van der Waals surface area contributed by atoms with E-state index in [-0.39, 0.29) is 0 Å². The van der Waals surface area contributed by atoms with Gasteiger partial charge in [0.05, 0.1) is 6.61 Å². The van der Waals surface area contributed by atoms with E-state index >= 15 is 0 Å². The lowest BCUT2D eigenvalue weighted by Crippen LogP contribution is -2.39. The molecule has 1 unspecified atom stereocenters. The Kier molecular flexibility index (Phi) is 3.17. The van der Waals surface area contributed by atoms with Crippen molar-refractivity contribution in [2.45, 2.75) is 20.1 Å². The van der Waals surface area contributed by atoms with Crippen LogP contribution in [0.2, 0.25) is 0 Å². The van der Waals surface area contributed by atoms with Crippen LogP contribution in [-0.2, 0) is 14.3 Å². The van der Waals surface area contributed by atoms with Crippen molar-refractivity contribution in [1.29, 1.82) is 0 Å². The summed E-state index contributed by atoms with van der Waals surface area (Å²) < 4.78 is 5.15. The second kappa shape index (κ2) is 3.98. The Labute approximate surface area is 77.8 Å². The molecule has 74 valence electrons. The van der Waals surface area contributed by atoms with Crippen LogP contribution in [0.3, 0.4) is 0 Å². The van der Waals surface area contributed by atoms with E-state index in [0.29, 0.717) is 13.2 Å². The minimum Gasteiger partial charge on any atom is -0.355 e. The van der Waals surface area contributed by atoms with Crippen molar-refractivity contribution in [3.05, 3.63) is 0 Å². The Morgan fingerprint density at radius 1 is 1.54 bits per heavy atom. The van der Waals surface area contributed by atoms with Gasteiger partial charge in [-0.15, -0.1) is 0 Å². The van der Waals surface area contributed by atoms with Gasteiger partial charge in [-0.1, -0.05) is 13.8 Å². The highest BCUT2D eigenvalue weighted by atomic mass is 16.5. The molecule has 0 aromatic heterocycles. The third-order valence-corrected chi connectivity index (χ3v) is 2.07. The maximum atomic E-state index is 10.7. The van der Waals surface area contributed by atoms with E-state index in [9.17, 15) is 9.59 Å². The summed E-state index contributed by atoms with van der Waals surface area (Å²) in [5.41, 5.74) is -0.408. The summed E-state index contributed by atoms with van der Waals surface area (Å²) in [6.45, 7) is 5.55. The van der Waals surface area contributed by atoms with Crippen LogP contribution in [0.5, 0.6) is 0 Å². The number of hydrogen-bond acceptors (Lipinski definition) is 4. The van der Waals surface area contributed by atoms with E-state index in [1.54, 1.807) is 0 Å². The smallest absolute Gasteiger partial charge is 0.167 e. The first-order valence-corrected chi connectivity index (χ1v) is 4.36. The molecule has 0 N–H and O–H groups in total. The molecule has 0 saturated carbocycles. The Morgan fingerprint density at radius 3 is 2.77 bits per heavy atom. The Hall–Kier alpha value is -0.740. The summed E-state index contributed by atoms with van der Waals surface area (Å²) in [7, 11) is 0. The van der Waals surface area contributed by atoms with Gasteiger partial charge in [0, 0.05) is 18.5 Å². The molecule has 1 saturated heterocycles. The number of ether oxygens (including phenoxy) is 1. The van der Waals surface area contributed by atoms with Crippen LogP contribution < -0.4 is 0 Å². The Morgan fingerprint density at radius 2 is 2.23 bits per heavy atom. The van der Waals surface area contributed by atoms with Crippen molar-refractivity contribution < 1.29 is 14.3 Å². The van der Waals surface area contributed by atoms with Crippen molar-refractivity contribution >= 4 is 12.6 Å². The summed E-state index contributed by atoms with van der Waals surface area (Å²) in [6.07, 6.45) is 1.22. The molecule has 1 aliphatic rings. The molecule has 4 heteroatoms. The highest BCUT2D eigenvalue weighted by molar-refractivity contribution is 5.59. The fraction of sp³-hybridized carbons (Fsp3) is 0.778. The van der Waals surface area contributed by atoms with Gasteiger partial charge in [-0.2, -0.15) is 0 Å². The molecule has 1 aliphatic heterocycles. The average Bonchev–Trinajstić information content (AvgIpc) is 2.51. The van der Waals surface area contributed by atoms with E-state index in [2.05, 4.69) is 0 Å². The zero-order valence-electron chi connectivity index (χ0n) is 8.03. The van der Waals surface area contributed by atoms with Gasteiger partial charge in [0.15, 0.2) is 12.5 Å². The van der Waals surface area contributed by atoms with E-state index in [1.165, 1.54) is 0 Å². The van der Waals surface area contributed by atoms with Crippen LogP contribution in [0.25, 0.3) is 0 Å². The van der Waals surface area contributed by atoms with Gasteiger partial charge >= 0.3 is 0 Å². The molecule has 0 aromatic rings. The highest BCUT2D eigenvalue weighted by Gasteiger charge is 2.30. The number of nitrogens with zero attached hydrogens (tertiary/aromatic N) is 1. The predicted octanol–water partition coefficient (Wildman–Crippen LogP) is 0.0687. The molecule has 0 radical (unpaired) electrons. The second-order valence-electron chi connectivity index (χ2n) is 3.97. The minimum atomic E-state index is -0.459. The Bertz CT molecular complexity index is 203. The zero-order chi connectivity index (χ0) is 9.90. The number of hydrogen-bond donors (Lipinski definition) is 0. The zero-order valence-corrected chi connectivity index (χ0v) is 8.03.